The molecular weight excluding hydrogens is 246 g/mol. The molecular formula is C9H15N3O2S2. The van der Waals surface area contributed by atoms with Crippen LogP contribution in [0.2, 0.25) is 0 Å². The zero-order valence-electron chi connectivity index (χ0n) is 9.06. The number of hydrogen-bond acceptors (Lipinski definition) is 4. The second kappa shape index (κ2) is 6.05. The summed E-state index contributed by atoms with van der Waals surface area (Å²) in [7, 11) is 0. The van der Waals surface area contributed by atoms with Crippen LogP contribution < -0.4 is 11.1 Å². The molecule has 7 heteroatoms. The number of hydrogen-bond donors (Lipinski definition) is 2. The highest BCUT2D eigenvalue weighted by atomic mass is 32.2. The predicted molar refractivity (Wildman–Crippen MR) is 68.3 cm³/mol. The van der Waals surface area contributed by atoms with E-state index >= 15 is 0 Å². The van der Waals surface area contributed by atoms with Crippen molar-refractivity contribution in [3.8, 4) is 0 Å². The first-order chi connectivity index (χ1) is 7.52. The molecule has 0 spiro atoms. The molecule has 1 unspecified atom stereocenters. The summed E-state index contributed by atoms with van der Waals surface area (Å²) in [4.78, 5) is 25.0. The van der Waals surface area contributed by atoms with Crippen LogP contribution in [0.3, 0.4) is 0 Å². The van der Waals surface area contributed by atoms with Gasteiger partial charge in [0.1, 0.15) is 0 Å². The molecule has 1 saturated heterocycles. The Bertz CT molecular complexity index is 309. The SMILES string of the molecule is CC1CSCCN1C(=O)C(=O)NCC(N)=S. The van der Waals surface area contributed by atoms with Gasteiger partial charge in [-0.15, -0.1) is 0 Å². The zero-order valence-corrected chi connectivity index (χ0v) is 10.7. The van der Waals surface area contributed by atoms with Crippen LogP contribution in [0.15, 0.2) is 0 Å². The van der Waals surface area contributed by atoms with Crippen LogP contribution in [0.5, 0.6) is 0 Å². The number of nitrogens with zero attached hydrogens (tertiary/aromatic N) is 1. The maximum atomic E-state index is 11.7. The molecule has 1 heterocycles. The Hall–Kier alpha value is -0.820. The molecule has 5 nitrogen and oxygen atoms in total. The largest absolute Gasteiger partial charge is 0.392 e. The van der Waals surface area contributed by atoms with E-state index in [0.29, 0.717) is 6.54 Å². The van der Waals surface area contributed by atoms with Crippen LogP contribution in [0.1, 0.15) is 6.92 Å². The molecule has 0 bridgehead atoms. The summed E-state index contributed by atoms with van der Waals surface area (Å²) in [5, 5.41) is 2.40. The molecule has 1 fully saturated rings. The summed E-state index contributed by atoms with van der Waals surface area (Å²) in [6.07, 6.45) is 0. The van der Waals surface area contributed by atoms with Gasteiger partial charge in [-0.05, 0) is 6.92 Å². The summed E-state index contributed by atoms with van der Waals surface area (Å²) >= 11 is 6.40. The maximum absolute atomic E-state index is 11.7. The van der Waals surface area contributed by atoms with Crippen LogP contribution in [-0.4, -0.2) is 52.3 Å². The van der Waals surface area contributed by atoms with Crippen molar-refractivity contribution < 1.29 is 9.59 Å². The Balaban J connectivity index is 2.48. The topological polar surface area (TPSA) is 75.4 Å². The van der Waals surface area contributed by atoms with Gasteiger partial charge in [0, 0.05) is 24.1 Å². The zero-order chi connectivity index (χ0) is 12.1. The van der Waals surface area contributed by atoms with E-state index in [9.17, 15) is 9.59 Å². The van der Waals surface area contributed by atoms with Crippen molar-refractivity contribution in [2.24, 2.45) is 5.73 Å². The van der Waals surface area contributed by atoms with Gasteiger partial charge in [0.05, 0.1) is 11.5 Å². The highest BCUT2D eigenvalue weighted by molar-refractivity contribution is 7.99. The Morgan fingerprint density at radius 3 is 2.88 bits per heavy atom. The minimum absolute atomic E-state index is 0.0663. The fourth-order valence-corrected chi connectivity index (χ4v) is 2.49. The predicted octanol–water partition coefficient (Wildman–Crippen LogP) is -0.647. The van der Waals surface area contributed by atoms with Gasteiger partial charge in [-0.25, -0.2) is 0 Å². The molecule has 0 aromatic carbocycles. The van der Waals surface area contributed by atoms with Crippen molar-refractivity contribution >= 4 is 40.8 Å². The van der Waals surface area contributed by atoms with Crippen LogP contribution >= 0.6 is 24.0 Å². The van der Waals surface area contributed by atoms with E-state index in [-0.39, 0.29) is 17.6 Å². The molecule has 0 aromatic rings. The molecule has 1 aliphatic heterocycles. The fourth-order valence-electron chi connectivity index (χ4n) is 1.40. The van der Waals surface area contributed by atoms with Crippen molar-refractivity contribution in [1.29, 1.82) is 0 Å². The van der Waals surface area contributed by atoms with Crippen molar-refractivity contribution in [3.63, 3.8) is 0 Å². The van der Waals surface area contributed by atoms with E-state index in [1.807, 2.05) is 6.92 Å². The highest BCUT2D eigenvalue weighted by Crippen LogP contribution is 2.15. The lowest BCUT2D eigenvalue weighted by Crippen LogP contribution is -2.51. The minimum atomic E-state index is -0.633. The normalized spacial score (nSPS) is 20.3. The van der Waals surface area contributed by atoms with Crippen LogP contribution in [0.4, 0.5) is 0 Å². The Kier molecular flexibility index (Phi) is 5.01. The second-order valence-corrected chi connectivity index (χ2v) is 5.25. The van der Waals surface area contributed by atoms with Crippen molar-refractivity contribution in [2.75, 3.05) is 24.6 Å². The van der Waals surface area contributed by atoms with E-state index in [1.165, 1.54) is 0 Å². The summed E-state index contributed by atoms with van der Waals surface area (Å²) in [6.45, 7) is 2.62. The number of thioether (sulfide) groups is 1. The van der Waals surface area contributed by atoms with Crippen LogP contribution in [0, 0.1) is 0 Å². The molecule has 0 radical (unpaired) electrons. The van der Waals surface area contributed by atoms with Gasteiger partial charge >= 0.3 is 11.8 Å². The lowest BCUT2D eigenvalue weighted by atomic mass is 10.3. The first-order valence-corrected chi connectivity index (χ1v) is 6.53. The molecule has 3 N–H and O–H groups in total. The lowest BCUT2D eigenvalue weighted by molar-refractivity contribution is -0.146. The third kappa shape index (κ3) is 3.64. The quantitative estimate of drug-likeness (QED) is 0.510. The fraction of sp³-hybridized carbons (Fsp3) is 0.667. The van der Waals surface area contributed by atoms with Gasteiger partial charge < -0.3 is 16.0 Å². The van der Waals surface area contributed by atoms with Gasteiger partial charge in [0.25, 0.3) is 0 Å². The third-order valence-corrected chi connectivity index (χ3v) is 3.58. The first-order valence-electron chi connectivity index (χ1n) is 4.97. The summed E-state index contributed by atoms with van der Waals surface area (Å²) in [5.74, 6) is 0.614. The van der Waals surface area contributed by atoms with Gasteiger partial charge in [-0.1, -0.05) is 12.2 Å². The maximum Gasteiger partial charge on any atom is 0.312 e. The first kappa shape index (κ1) is 13.2. The highest BCUT2D eigenvalue weighted by Gasteiger charge is 2.28. The molecule has 0 aliphatic carbocycles. The summed E-state index contributed by atoms with van der Waals surface area (Å²) < 4.78 is 0. The average Bonchev–Trinajstić information content (AvgIpc) is 2.25. The minimum Gasteiger partial charge on any atom is -0.392 e. The average molecular weight is 261 g/mol. The Morgan fingerprint density at radius 2 is 2.31 bits per heavy atom. The van der Waals surface area contributed by atoms with E-state index in [4.69, 9.17) is 5.73 Å². The number of rotatable bonds is 2. The summed E-state index contributed by atoms with van der Waals surface area (Å²) in [6, 6.07) is 0.0989. The molecule has 2 amide bonds. The summed E-state index contributed by atoms with van der Waals surface area (Å²) in [5.41, 5.74) is 5.24. The number of nitrogens with two attached hydrogens (primary N) is 1. The Morgan fingerprint density at radius 1 is 1.62 bits per heavy atom. The number of carbonyl (C=O) groups excluding carboxylic acids is 2. The van der Waals surface area contributed by atoms with Crippen LogP contribution in [-0.2, 0) is 9.59 Å². The van der Waals surface area contributed by atoms with Gasteiger partial charge in [-0.3, -0.25) is 9.59 Å². The molecule has 1 rings (SSSR count). The van der Waals surface area contributed by atoms with Gasteiger partial charge in [0.15, 0.2) is 0 Å². The van der Waals surface area contributed by atoms with Crippen molar-refractivity contribution in [1.82, 2.24) is 10.2 Å². The van der Waals surface area contributed by atoms with E-state index in [1.54, 1.807) is 16.7 Å². The number of nitrogens with one attached hydrogen (secondary N) is 1. The molecule has 90 valence electrons. The van der Waals surface area contributed by atoms with Crippen molar-refractivity contribution in [2.45, 2.75) is 13.0 Å². The van der Waals surface area contributed by atoms with Crippen LogP contribution in [0.25, 0.3) is 0 Å². The Labute approximate surface area is 104 Å². The molecule has 1 aliphatic rings. The van der Waals surface area contributed by atoms with E-state index in [2.05, 4.69) is 17.5 Å². The number of carbonyl (C=O) groups is 2. The number of thiocarbonyl (C=S) groups is 1. The standard InChI is InChI=1S/C9H15N3O2S2/c1-6-5-16-3-2-12(6)9(14)8(13)11-4-7(10)15/h6H,2-5H2,1H3,(H2,10,15)(H,11,13). The van der Waals surface area contributed by atoms with Crippen molar-refractivity contribution in [3.05, 3.63) is 0 Å². The smallest absolute Gasteiger partial charge is 0.312 e. The molecule has 1 atom stereocenters. The number of amides is 2. The van der Waals surface area contributed by atoms with E-state index < -0.39 is 11.8 Å². The van der Waals surface area contributed by atoms with Gasteiger partial charge in [0.2, 0.25) is 0 Å². The molecule has 16 heavy (non-hydrogen) atoms. The third-order valence-electron chi connectivity index (χ3n) is 2.25. The van der Waals surface area contributed by atoms with E-state index in [0.717, 1.165) is 11.5 Å². The molecule has 0 saturated carbocycles. The second-order valence-electron chi connectivity index (χ2n) is 3.57. The lowest BCUT2D eigenvalue weighted by Gasteiger charge is -2.32. The molecule has 0 aromatic heterocycles. The monoisotopic (exact) mass is 261 g/mol. The van der Waals surface area contributed by atoms with Gasteiger partial charge in [-0.2, -0.15) is 11.8 Å².